The first kappa shape index (κ1) is 16.0. The molecule has 1 amide bonds. The molecule has 0 aromatic heterocycles. The number of carbonyl (C=O) groups is 2. The second-order valence-electron chi connectivity index (χ2n) is 6.63. The lowest BCUT2D eigenvalue weighted by Gasteiger charge is -2.33. The molecular formula is C18H23NO4. The normalized spacial score (nSPS) is 20.5. The van der Waals surface area contributed by atoms with Gasteiger partial charge in [0.1, 0.15) is 0 Å². The summed E-state index contributed by atoms with van der Waals surface area (Å²) >= 11 is 0. The van der Waals surface area contributed by atoms with Crippen LogP contribution in [0.25, 0.3) is 0 Å². The molecular weight excluding hydrogens is 294 g/mol. The highest BCUT2D eigenvalue weighted by Crippen LogP contribution is 2.36. The largest absolute Gasteiger partial charge is 0.481 e. The third-order valence-corrected chi connectivity index (χ3v) is 5.24. The molecule has 0 bridgehead atoms. The van der Waals surface area contributed by atoms with Crippen LogP contribution in [0.5, 0.6) is 0 Å². The minimum atomic E-state index is -0.903. The minimum absolute atomic E-state index is 0.148. The molecule has 5 nitrogen and oxygen atoms in total. The highest BCUT2D eigenvalue weighted by atomic mass is 16.5. The van der Waals surface area contributed by atoms with E-state index in [-0.39, 0.29) is 12.5 Å². The number of carbonyl (C=O) groups excluding carboxylic acids is 1. The molecule has 0 unspecified atom stereocenters. The Balaban J connectivity index is 1.60. The number of carboxylic acids is 1. The van der Waals surface area contributed by atoms with Gasteiger partial charge >= 0.3 is 5.97 Å². The fourth-order valence-electron chi connectivity index (χ4n) is 3.23. The number of benzene rings is 1. The Kier molecular flexibility index (Phi) is 4.66. The van der Waals surface area contributed by atoms with Crippen molar-refractivity contribution in [1.29, 1.82) is 0 Å². The number of carboxylic acid groups (broad SMARTS) is 1. The first-order valence-corrected chi connectivity index (χ1v) is 8.30. The molecule has 1 aromatic carbocycles. The highest BCUT2D eigenvalue weighted by Gasteiger charge is 2.40. The first-order chi connectivity index (χ1) is 11.1. The van der Waals surface area contributed by atoms with Crippen molar-refractivity contribution in [2.75, 3.05) is 19.8 Å². The fraction of sp³-hybridized carbons (Fsp3) is 0.556. The van der Waals surface area contributed by atoms with Crippen LogP contribution in [0.3, 0.4) is 0 Å². The van der Waals surface area contributed by atoms with Crippen LogP contribution in [-0.2, 0) is 9.53 Å². The summed E-state index contributed by atoms with van der Waals surface area (Å²) in [5.41, 5.74) is 0.972. The predicted molar refractivity (Wildman–Crippen MR) is 85.5 cm³/mol. The van der Waals surface area contributed by atoms with Crippen LogP contribution in [0.15, 0.2) is 24.3 Å². The third kappa shape index (κ3) is 3.39. The SMILES string of the molecule is O=C(NCC1(C(=O)O)CCOCC1)c1ccc(C2CCC2)cc1. The number of nitrogens with one attached hydrogen (secondary N) is 1. The van der Waals surface area contributed by atoms with Crippen LogP contribution in [0.2, 0.25) is 0 Å². The van der Waals surface area contributed by atoms with Crippen molar-refractivity contribution in [3.63, 3.8) is 0 Å². The van der Waals surface area contributed by atoms with E-state index in [9.17, 15) is 14.7 Å². The molecule has 1 heterocycles. The molecule has 3 rings (SSSR count). The van der Waals surface area contributed by atoms with Gasteiger partial charge in [-0.05, 0) is 49.3 Å². The summed E-state index contributed by atoms with van der Waals surface area (Å²) in [6.45, 7) is 1.01. The monoisotopic (exact) mass is 317 g/mol. The predicted octanol–water partition coefficient (Wildman–Crippen LogP) is 2.57. The standard InChI is InChI=1S/C18H23NO4/c20-16(15-6-4-14(5-7-15)13-2-1-3-13)19-12-18(17(21)22)8-10-23-11-9-18/h4-7,13H,1-3,8-12H2,(H,19,20)(H,21,22). The van der Waals surface area contributed by atoms with Crippen molar-refractivity contribution in [3.8, 4) is 0 Å². The smallest absolute Gasteiger partial charge is 0.311 e. The van der Waals surface area contributed by atoms with Crippen LogP contribution in [0.4, 0.5) is 0 Å². The zero-order valence-corrected chi connectivity index (χ0v) is 13.2. The Hall–Kier alpha value is -1.88. The summed E-state index contributed by atoms with van der Waals surface area (Å²) in [6.07, 6.45) is 4.61. The number of hydrogen-bond donors (Lipinski definition) is 2. The maximum Gasteiger partial charge on any atom is 0.311 e. The van der Waals surface area contributed by atoms with Crippen LogP contribution in [0, 0.1) is 5.41 Å². The van der Waals surface area contributed by atoms with E-state index in [0.29, 0.717) is 37.5 Å². The summed E-state index contributed by atoms with van der Waals surface area (Å²) < 4.78 is 5.24. The lowest BCUT2D eigenvalue weighted by molar-refractivity contribution is -0.154. The van der Waals surface area contributed by atoms with Gasteiger partial charge in [-0.25, -0.2) is 0 Å². The van der Waals surface area contributed by atoms with Gasteiger partial charge in [0.15, 0.2) is 0 Å². The molecule has 1 aliphatic heterocycles. The van der Waals surface area contributed by atoms with Crippen molar-refractivity contribution in [2.45, 2.75) is 38.0 Å². The molecule has 0 atom stereocenters. The van der Waals surface area contributed by atoms with Crippen LogP contribution >= 0.6 is 0 Å². The summed E-state index contributed by atoms with van der Waals surface area (Å²) in [6, 6.07) is 7.70. The van der Waals surface area contributed by atoms with E-state index >= 15 is 0 Å². The fourth-order valence-corrected chi connectivity index (χ4v) is 3.23. The van der Waals surface area contributed by atoms with Gasteiger partial charge in [0.2, 0.25) is 0 Å². The number of hydrogen-bond acceptors (Lipinski definition) is 3. The van der Waals surface area contributed by atoms with Gasteiger partial charge in [0, 0.05) is 25.3 Å². The average Bonchev–Trinajstić information content (AvgIpc) is 2.52. The summed E-state index contributed by atoms with van der Waals surface area (Å²) in [7, 11) is 0. The van der Waals surface area contributed by atoms with Gasteiger partial charge in [-0.15, -0.1) is 0 Å². The lowest BCUT2D eigenvalue weighted by Crippen LogP contribution is -2.46. The van der Waals surface area contributed by atoms with Crippen LogP contribution in [-0.4, -0.2) is 36.7 Å². The van der Waals surface area contributed by atoms with Crippen molar-refractivity contribution in [3.05, 3.63) is 35.4 Å². The summed E-state index contributed by atoms with van der Waals surface area (Å²) in [4.78, 5) is 23.9. The molecule has 23 heavy (non-hydrogen) atoms. The van der Waals surface area contributed by atoms with Gasteiger partial charge in [0.05, 0.1) is 5.41 Å². The van der Waals surface area contributed by atoms with E-state index in [2.05, 4.69) is 5.32 Å². The van der Waals surface area contributed by atoms with Crippen molar-refractivity contribution >= 4 is 11.9 Å². The molecule has 1 aliphatic carbocycles. The Morgan fingerprint density at radius 2 is 1.83 bits per heavy atom. The minimum Gasteiger partial charge on any atom is -0.481 e. The number of aliphatic carboxylic acids is 1. The second-order valence-corrected chi connectivity index (χ2v) is 6.63. The van der Waals surface area contributed by atoms with E-state index in [1.165, 1.54) is 24.8 Å². The zero-order valence-electron chi connectivity index (χ0n) is 13.2. The van der Waals surface area contributed by atoms with Gasteiger partial charge in [0.25, 0.3) is 5.91 Å². The topological polar surface area (TPSA) is 75.6 Å². The molecule has 0 radical (unpaired) electrons. The van der Waals surface area contributed by atoms with Gasteiger partial charge in [-0.3, -0.25) is 9.59 Å². The molecule has 1 saturated heterocycles. The van der Waals surface area contributed by atoms with Gasteiger partial charge in [-0.2, -0.15) is 0 Å². The number of rotatable bonds is 5. The Morgan fingerprint density at radius 3 is 2.35 bits per heavy atom. The van der Waals surface area contributed by atoms with Gasteiger partial charge < -0.3 is 15.2 Å². The van der Waals surface area contributed by atoms with Crippen molar-refractivity contribution < 1.29 is 19.4 Å². The molecule has 2 fully saturated rings. The quantitative estimate of drug-likeness (QED) is 0.875. The molecule has 1 aromatic rings. The molecule has 1 saturated carbocycles. The van der Waals surface area contributed by atoms with Crippen molar-refractivity contribution in [1.82, 2.24) is 5.32 Å². The molecule has 0 spiro atoms. The van der Waals surface area contributed by atoms with Crippen LogP contribution in [0.1, 0.15) is 53.9 Å². The number of ether oxygens (including phenoxy) is 1. The highest BCUT2D eigenvalue weighted by molar-refractivity contribution is 5.94. The molecule has 5 heteroatoms. The Labute approximate surface area is 136 Å². The maximum absolute atomic E-state index is 12.3. The molecule has 2 aliphatic rings. The Morgan fingerprint density at radius 1 is 1.17 bits per heavy atom. The van der Waals surface area contributed by atoms with E-state index in [0.717, 1.165) is 0 Å². The summed E-state index contributed by atoms with van der Waals surface area (Å²) in [5.74, 6) is -0.427. The van der Waals surface area contributed by atoms with Crippen molar-refractivity contribution in [2.24, 2.45) is 5.41 Å². The van der Waals surface area contributed by atoms with E-state index < -0.39 is 11.4 Å². The number of amides is 1. The summed E-state index contributed by atoms with van der Waals surface area (Å²) in [5, 5.41) is 12.3. The van der Waals surface area contributed by atoms with E-state index in [4.69, 9.17) is 4.74 Å². The maximum atomic E-state index is 12.3. The average molecular weight is 317 g/mol. The molecule has 2 N–H and O–H groups in total. The first-order valence-electron chi connectivity index (χ1n) is 8.30. The van der Waals surface area contributed by atoms with E-state index in [1.807, 2.05) is 24.3 Å². The molecule has 124 valence electrons. The Bertz CT molecular complexity index is 571. The lowest BCUT2D eigenvalue weighted by atomic mass is 9.79. The van der Waals surface area contributed by atoms with Crippen LogP contribution < -0.4 is 5.32 Å². The third-order valence-electron chi connectivity index (χ3n) is 5.24. The van der Waals surface area contributed by atoms with E-state index in [1.54, 1.807) is 0 Å². The second kappa shape index (κ2) is 6.71. The van der Waals surface area contributed by atoms with Gasteiger partial charge in [-0.1, -0.05) is 18.6 Å². The zero-order chi connectivity index (χ0) is 16.3.